The number of piperidine rings is 1. The van der Waals surface area contributed by atoms with Gasteiger partial charge < -0.3 is 29.5 Å². The Labute approximate surface area is 321 Å². The third-order valence-corrected chi connectivity index (χ3v) is 10.8. The fourth-order valence-electron chi connectivity index (χ4n) is 7.12. The molecule has 0 spiro atoms. The second kappa shape index (κ2) is 17.6. The number of carboxylic acid groups (broad SMARTS) is 1. The van der Waals surface area contributed by atoms with E-state index < -0.39 is 24.3 Å². The maximum Gasteiger partial charge on any atom is 0.326 e. The number of benzene rings is 3. The molecule has 3 heterocycles. The summed E-state index contributed by atoms with van der Waals surface area (Å²) < 4.78 is 26.1. The topological polar surface area (TPSA) is 131 Å². The van der Waals surface area contributed by atoms with Crippen LogP contribution in [-0.2, 0) is 31.0 Å². The van der Waals surface area contributed by atoms with Crippen molar-refractivity contribution in [2.24, 2.45) is 0 Å². The number of halogens is 2. The van der Waals surface area contributed by atoms with Crippen molar-refractivity contribution in [3.8, 4) is 28.7 Å². The molecule has 0 bridgehead atoms. The molecule has 1 atom stereocenters. The number of alkyl halides is 1. The first-order valence-electron chi connectivity index (χ1n) is 18.4. The maximum absolute atomic E-state index is 13.6. The monoisotopic (exact) mass is 755 g/mol. The van der Waals surface area contributed by atoms with Crippen LogP contribution >= 0.6 is 11.6 Å². The molecule has 0 aliphatic carbocycles. The molecule has 54 heavy (non-hydrogen) atoms. The van der Waals surface area contributed by atoms with Crippen molar-refractivity contribution in [3.63, 3.8) is 0 Å². The van der Waals surface area contributed by atoms with E-state index in [1.807, 2.05) is 12.1 Å². The number of hydrogen-bond acceptors (Lipinski definition) is 9. The Morgan fingerprint density at radius 3 is 2.56 bits per heavy atom. The van der Waals surface area contributed by atoms with Gasteiger partial charge in [-0.15, -0.1) is 0 Å². The van der Waals surface area contributed by atoms with E-state index in [0.29, 0.717) is 46.1 Å². The van der Waals surface area contributed by atoms with Crippen molar-refractivity contribution < 1.29 is 28.9 Å². The number of ether oxygens (including phenoxy) is 2. The number of hydrogen-bond donors (Lipinski definition) is 3. The van der Waals surface area contributed by atoms with Gasteiger partial charge in [-0.2, -0.15) is 5.26 Å². The number of nitrogens with one attached hydrogen (secondary N) is 1. The second-order valence-corrected chi connectivity index (χ2v) is 14.7. The van der Waals surface area contributed by atoms with Gasteiger partial charge in [0.1, 0.15) is 42.5 Å². The molecule has 2 aliphatic rings. The van der Waals surface area contributed by atoms with E-state index in [-0.39, 0.29) is 19.8 Å². The van der Waals surface area contributed by atoms with Crippen LogP contribution in [0.4, 0.5) is 10.1 Å². The number of likely N-dealkylation sites (tertiary alicyclic amines) is 1. The second-order valence-electron chi connectivity index (χ2n) is 14.3. The number of anilines is 1. The van der Waals surface area contributed by atoms with E-state index in [4.69, 9.17) is 21.1 Å². The van der Waals surface area contributed by atoms with Gasteiger partial charge in [-0.1, -0.05) is 41.9 Å². The number of aliphatic carboxylic acids is 1. The van der Waals surface area contributed by atoms with Gasteiger partial charge in [-0.05, 0) is 92.1 Å². The number of rotatable bonds is 16. The first kappa shape index (κ1) is 39.0. The number of pyridine rings is 1. The highest BCUT2D eigenvalue weighted by atomic mass is 35.5. The molecule has 1 saturated heterocycles. The fraction of sp³-hybridized carbons (Fsp3) is 0.405. The van der Waals surface area contributed by atoms with Gasteiger partial charge in [0.15, 0.2) is 0 Å². The summed E-state index contributed by atoms with van der Waals surface area (Å²) in [6.07, 6.45) is 5.74. The molecule has 1 fully saturated rings. The van der Waals surface area contributed by atoms with Crippen LogP contribution in [0.25, 0.3) is 11.1 Å². The van der Waals surface area contributed by atoms with Gasteiger partial charge in [0, 0.05) is 68.0 Å². The van der Waals surface area contributed by atoms with Gasteiger partial charge >= 0.3 is 5.97 Å². The van der Waals surface area contributed by atoms with Crippen LogP contribution in [0.15, 0.2) is 67.0 Å². The summed E-state index contributed by atoms with van der Waals surface area (Å²) in [5, 5.41) is 31.9. The van der Waals surface area contributed by atoms with Crippen molar-refractivity contribution in [2.45, 2.75) is 71.0 Å². The van der Waals surface area contributed by atoms with Gasteiger partial charge in [-0.25, -0.2) is 4.39 Å². The van der Waals surface area contributed by atoms with E-state index in [0.717, 1.165) is 62.3 Å². The lowest BCUT2D eigenvalue weighted by Gasteiger charge is -2.29. The van der Waals surface area contributed by atoms with Gasteiger partial charge in [0.05, 0.1) is 17.2 Å². The third-order valence-electron chi connectivity index (χ3n) is 10.6. The van der Waals surface area contributed by atoms with Gasteiger partial charge in [0.2, 0.25) is 0 Å². The largest absolute Gasteiger partial charge is 0.488 e. The van der Waals surface area contributed by atoms with E-state index in [1.54, 1.807) is 24.4 Å². The zero-order valence-corrected chi connectivity index (χ0v) is 31.5. The molecular formula is C42H47ClFN5O5. The Morgan fingerprint density at radius 1 is 1.04 bits per heavy atom. The van der Waals surface area contributed by atoms with Crippen LogP contribution < -0.4 is 19.7 Å². The summed E-state index contributed by atoms with van der Waals surface area (Å²) in [6.45, 7) is 7.90. The molecule has 284 valence electrons. The minimum Gasteiger partial charge on any atom is -0.488 e. The Bertz CT molecular complexity index is 2000. The summed E-state index contributed by atoms with van der Waals surface area (Å²) >= 11 is 6.76. The predicted molar refractivity (Wildman–Crippen MR) is 207 cm³/mol. The zero-order chi connectivity index (χ0) is 38.2. The first-order valence-corrected chi connectivity index (χ1v) is 18.8. The average molecular weight is 756 g/mol. The number of aromatic nitrogens is 1. The Kier molecular flexibility index (Phi) is 12.7. The van der Waals surface area contributed by atoms with Crippen LogP contribution in [0.2, 0.25) is 5.02 Å². The van der Waals surface area contributed by atoms with Crippen LogP contribution in [-0.4, -0.2) is 77.1 Å². The van der Waals surface area contributed by atoms with Crippen LogP contribution in [0.5, 0.6) is 11.5 Å². The highest BCUT2D eigenvalue weighted by Gasteiger charge is 2.32. The van der Waals surface area contributed by atoms with Crippen molar-refractivity contribution in [3.05, 3.63) is 105 Å². The quantitative estimate of drug-likeness (QED) is 0.112. The van der Waals surface area contributed by atoms with E-state index in [9.17, 15) is 24.7 Å². The number of nitrogens with zero attached hydrogens (tertiary/aromatic N) is 4. The number of nitriles is 1. The summed E-state index contributed by atoms with van der Waals surface area (Å²) in [5.41, 5.74) is 7.16. The van der Waals surface area contributed by atoms with Crippen LogP contribution in [0.1, 0.15) is 59.6 Å². The normalized spacial score (nSPS) is 15.7. The van der Waals surface area contributed by atoms with Crippen molar-refractivity contribution in [1.82, 2.24) is 15.2 Å². The Balaban J connectivity index is 1.18. The maximum atomic E-state index is 13.6. The third kappa shape index (κ3) is 9.13. The van der Waals surface area contributed by atoms with Crippen LogP contribution in [0, 0.1) is 18.3 Å². The van der Waals surface area contributed by atoms with Crippen molar-refractivity contribution in [2.75, 3.05) is 44.2 Å². The van der Waals surface area contributed by atoms with Gasteiger partial charge in [-0.3, -0.25) is 15.1 Å². The van der Waals surface area contributed by atoms with E-state index in [2.05, 4.69) is 57.4 Å². The molecule has 4 aromatic rings. The SMILES string of the molecule is Cc1c(COc2cc(OCc3cncc(C#N)c3)c(CNC(C)(CO)C(=O)O)cc2Cl)cccc1-c1cccc2c1CCN2CCCN1CCC(F)CC1. The zero-order valence-electron chi connectivity index (χ0n) is 30.8. The lowest BCUT2D eigenvalue weighted by Crippen LogP contribution is -2.52. The highest BCUT2D eigenvalue weighted by molar-refractivity contribution is 6.32. The van der Waals surface area contributed by atoms with Crippen molar-refractivity contribution in [1.29, 1.82) is 5.26 Å². The van der Waals surface area contributed by atoms with Crippen molar-refractivity contribution >= 4 is 23.3 Å². The lowest BCUT2D eigenvalue weighted by molar-refractivity contribution is -0.145. The minimum absolute atomic E-state index is 0.0362. The molecule has 0 amide bonds. The number of fused-ring (bicyclic) bond motifs is 1. The minimum atomic E-state index is -1.58. The molecule has 3 N–H and O–H groups in total. The molecule has 1 unspecified atom stereocenters. The molecule has 6 rings (SSSR count). The van der Waals surface area contributed by atoms with E-state index >= 15 is 0 Å². The Hall–Kier alpha value is -4.73. The molecule has 3 aromatic carbocycles. The predicted octanol–water partition coefficient (Wildman–Crippen LogP) is 6.85. The number of carboxylic acids is 1. The molecule has 1 aromatic heterocycles. The summed E-state index contributed by atoms with van der Waals surface area (Å²) in [4.78, 5) is 20.8. The Morgan fingerprint density at radius 2 is 1.80 bits per heavy atom. The lowest BCUT2D eigenvalue weighted by atomic mass is 9.92. The first-order chi connectivity index (χ1) is 26.1. The summed E-state index contributed by atoms with van der Waals surface area (Å²) in [5.74, 6) is -0.414. The highest BCUT2D eigenvalue weighted by Crippen LogP contribution is 2.39. The molecule has 12 heteroatoms. The fourth-order valence-corrected chi connectivity index (χ4v) is 7.36. The number of aliphatic hydroxyl groups excluding tert-OH is 1. The molecule has 0 radical (unpaired) electrons. The van der Waals surface area contributed by atoms with E-state index in [1.165, 1.54) is 29.9 Å². The van der Waals surface area contributed by atoms with Crippen LogP contribution in [0.3, 0.4) is 0 Å². The molecule has 10 nitrogen and oxygen atoms in total. The average Bonchev–Trinajstić information content (AvgIpc) is 3.60. The summed E-state index contributed by atoms with van der Waals surface area (Å²) in [6, 6.07) is 19.9. The summed E-state index contributed by atoms with van der Waals surface area (Å²) in [7, 11) is 0. The standard InChI is InChI=1S/C42H47ClFN5O5/c1-28-31(6-3-7-34(28)35-8-4-9-38-36(35)12-17-49(38)14-5-13-48-15-10-33(44)11-16-48)26-54-40-20-39(53-25-30-18-29(21-45)22-46-23-30)32(19-37(40)43)24-47-42(2,27-50)41(51)52/h3-4,6-9,18-20,22-23,33,47,50H,5,10-17,24-27H2,1-2H3,(H,51,52). The number of aliphatic hydroxyl groups is 1. The molecular weight excluding hydrogens is 709 g/mol. The molecule has 0 saturated carbocycles. The number of carbonyl (C=O) groups is 1. The van der Waals surface area contributed by atoms with Gasteiger partial charge in [0.25, 0.3) is 0 Å². The smallest absolute Gasteiger partial charge is 0.326 e. The molecule has 2 aliphatic heterocycles.